The Morgan fingerprint density at radius 3 is 2.87 bits per heavy atom. The van der Waals surface area contributed by atoms with Crippen LogP contribution < -0.4 is 5.32 Å². The van der Waals surface area contributed by atoms with E-state index in [2.05, 4.69) is 32.3 Å². The van der Waals surface area contributed by atoms with Crippen molar-refractivity contribution in [1.82, 2.24) is 4.98 Å². The largest absolute Gasteiger partial charge is 0.369 e. The third kappa shape index (κ3) is 4.85. The van der Waals surface area contributed by atoms with E-state index < -0.39 is 0 Å². The Balaban J connectivity index is 2.31. The molecule has 0 aliphatic heterocycles. The molecule has 1 aromatic rings. The summed E-state index contributed by atoms with van der Waals surface area (Å²) in [5.41, 5.74) is 1.16. The van der Waals surface area contributed by atoms with Gasteiger partial charge >= 0.3 is 0 Å². The lowest BCUT2D eigenvalue weighted by atomic mass is 10.2. The van der Waals surface area contributed by atoms with Gasteiger partial charge in [0.15, 0.2) is 0 Å². The lowest BCUT2D eigenvalue weighted by molar-refractivity contribution is 0.745. The summed E-state index contributed by atoms with van der Waals surface area (Å²) in [6.07, 6.45) is 5.26. The van der Waals surface area contributed by atoms with E-state index >= 15 is 0 Å². The van der Waals surface area contributed by atoms with Crippen molar-refractivity contribution in [3.8, 4) is 0 Å². The molecule has 0 fully saturated rings. The summed E-state index contributed by atoms with van der Waals surface area (Å²) in [6, 6.07) is 2.06. The fourth-order valence-corrected chi connectivity index (χ4v) is 2.06. The Morgan fingerprint density at radius 1 is 1.40 bits per heavy atom. The Hall–Kier alpha value is -0.280. The molecule has 0 amide bonds. The van der Waals surface area contributed by atoms with E-state index in [1.165, 1.54) is 6.42 Å². The molecule has 0 radical (unpaired) electrons. The number of rotatable bonds is 6. The van der Waals surface area contributed by atoms with Crippen LogP contribution in [-0.4, -0.2) is 17.4 Å². The zero-order valence-electron chi connectivity index (χ0n) is 8.89. The van der Waals surface area contributed by atoms with Gasteiger partial charge in [0, 0.05) is 18.6 Å². The summed E-state index contributed by atoms with van der Waals surface area (Å²) in [4.78, 5) is 4.31. The fraction of sp³-hybridized carbons (Fsp3) is 0.545. The lowest BCUT2D eigenvalue weighted by Gasteiger charge is -2.07. The molecule has 1 aromatic heterocycles. The highest BCUT2D eigenvalue weighted by molar-refractivity contribution is 9.10. The maximum Gasteiger partial charge on any atom is 0.140 e. The molecule has 0 bridgehead atoms. The van der Waals surface area contributed by atoms with Crippen LogP contribution in [-0.2, 0) is 0 Å². The van der Waals surface area contributed by atoms with Crippen molar-refractivity contribution in [3.63, 3.8) is 0 Å². The molecule has 4 heteroatoms. The average molecular weight is 292 g/mol. The first kappa shape index (κ1) is 12.8. The second-order valence-electron chi connectivity index (χ2n) is 3.52. The van der Waals surface area contributed by atoms with E-state index in [0.29, 0.717) is 0 Å². The molecular weight excluding hydrogens is 275 g/mol. The van der Waals surface area contributed by atoms with Crippen LogP contribution in [0.5, 0.6) is 0 Å². The van der Waals surface area contributed by atoms with Gasteiger partial charge in [0.2, 0.25) is 0 Å². The zero-order valence-corrected chi connectivity index (χ0v) is 11.2. The summed E-state index contributed by atoms with van der Waals surface area (Å²) in [5.74, 6) is 1.68. The van der Waals surface area contributed by atoms with Gasteiger partial charge < -0.3 is 5.32 Å². The van der Waals surface area contributed by atoms with Crippen molar-refractivity contribution in [2.45, 2.75) is 26.2 Å². The number of unbranched alkanes of at least 4 members (excludes halogenated alkanes) is 2. The number of hydrogen-bond acceptors (Lipinski definition) is 2. The van der Waals surface area contributed by atoms with Crippen LogP contribution >= 0.6 is 27.5 Å². The van der Waals surface area contributed by atoms with E-state index in [0.717, 1.165) is 41.1 Å². The Bertz CT molecular complexity index is 305. The molecule has 1 rings (SSSR count). The highest BCUT2D eigenvalue weighted by Gasteiger charge is 1.99. The first-order valence-corrected chi connectivity index (χ1v) is 6.49. The minimum atomic E-state index is 0.756. The van der Waals surface area contributed by atoms with Gasteiger partial charge in [-0.3, -0.25) is 0 Å². The van der Waals surface area contributed by atoms with Gasteiger partial charge in [-0.25, -0.2) is 4.98 Å². The van der Waals surface area contributed by atoms with Crippen molar-refractivity contribution in [2.24, 2.45) is 0 Å². The summed E-state index contributed by atoms with van der Waals surface area (Å²) < 4.78 is 1.03. The summed E-state index contributed by atoms with van der Waals surface area (Å²) in [6.45, 7) is 2.98. The number of nitrogens with one attached hydrogen (secondary N) is 1. The fourth-order valence-electron chi connectivity index (χ4n) is 1.27. The maximum absolute atomic E-state index is 5.60. The second-order valence-corrected chi connectivity index (χ2v) is 4.75. The summed E-state index contributed by atoms with van der Waals surface area (Å²) in [7, 11) is 0. The number of halogens is 2. The van der Waals surface area contributed by atoms with Crippen LogP contribution in [0.15, 0.2) is 16.7 Å². The molecule has 15 heavy (non-hydrogen) atoms. The third-order valence-electron chi connectivity index (χ3n) is 2.08. The van der Waals surface area contributed by atoms with Crippen molar-refractivity contribution >= 4 is 33.3 Å². The Labute approximate surface area is 105 Å². The molecule has 0 aliphatic rings. The van der Waals surface area contributed by atoms with E-state index in [9.17, 15) is 0 Å². The molecule has 0 spiro atoms. The number of nitrogens with zero attached hydrogens (tertiary/aromatic N) is 1. The quantitative estimate of drug-likeness (QED) is 0.633. The van der Waals surface area contributed by atoms with Gasteiger partial charge in [0.1, 0.15) is 5.82 Å². The topological polar surface area (TPSA) is 24.9 Å². The van der Waals surface area contributed by atoms with E-state index in [4.69, 9.17) is 11.6 Å². The number of pyridine rings is 1. The van der Waals surface area contributed by atoms with E-state index in [-0.39, 0.29) is 0 Å². The summed E-state index contributed by atoms with van der Waals surface area (Å²) >= 11 is 9.08. The Morgan fingerprint density at radius 2 is 2.20 bits per heavy atom. The molecule has 0 saturated heterocycles. The number of aromatic nitrogens is 1. The lowest BCUT2D eigenvalue weighted by Crippen LogP contribution is -2.04. The standard InChI is InChI=1S/C11H16BrClN2/c1-9-7-10(12)11(15-8-9)14-6-4-2-3-5-13/h7-8H,2-6H2,1H3,(H,14,15). The van der Waals surface area contributed by atoms with Crippen molar-refractivity contribution in [3.05, 3.63) is 22.3 Å². The molecular formula is C11H16BrClN2. The van der Waals surface area contributed by atoms with E-state index in [1.807, 2.05) is 13.1 Å². The van der Waals surface area contributed by atoms with Crippen molar-refractivity contribution in [1.29, 1.82) is 0 Å². The monoisotopic (exact) mass is 290 g/mol. The molecule has 84 valence electrons. The van der Waals surface area contributed by atoms with E-state index in [1.54, 1.807) is 0 Å². The van der Waals surface area contributed by atoms with Gasteiger partial charge in [-0.1, -0.05) is 6.42 Å². The normalized spacial score (nSPS) is 10.3. The first-order valence-electron chi connectivity index (χ1n) is 5.16. The van der Waals surface area contributed by atoms with Crippen LogP contribution in [0.2, 0.25) is 0 Å². The number of hydrogen-bond donors (Lipinski definition) is 1. The number of aryl methyl sites for hydroxylation is 1. The molecule has 0 unspecified atom stereocenters. The van der Waals surface area contributed by atoms with Crippen LogP contribution in [0.3, 0.4) is 0 Å². The molecule has 0 aromatic carbocycles. The van der Waals surface area contributed by atoms with Gasteiger partial charge in [-0.15, -0.1) is 11.6 Å². The van der Waals surface area contributed by atoms with Crippen molar-refractivity contribution < 1.29 is 0 Å². The van der Waals surface area contributed by atoms with Gasteiger partial charge in [-0.05, 0) is 47.3 Å². The van der Waals surface area contributed by atoms with Crippen molar-refractivity contribution in [2.75, 3.05) is 17.7 Å². The van der Waals surface area contributed by atoms with Crippen LogP contribution in [0.4, 0.5) is 5.82 Å². The SMILES string of the molecule is Cc1cnc(NCCCCCCl)c(Br)c1. The highest BCUT2D eigenvalue weighted by Crippen LogP contribution is 2.20. The van der Waals surface area contributed by atoms with Crippen LogP contribution in [0.25, 0.3) is 0 Å². The second kappa shape index (κ2) is 7.07. The number of alkyl halides is 1. The molecule has 2 nitrogen and oxygen atoms in total. The minimum Gasteiger partial charge on any atom is -0.369 e. The van der Waals surface area contributed by atoms with Gasteiger partial charge in [0.25, 0.3) is 0 Å². The molecule has 0 aliphatic carbocycles. The average Bonchev–Trinajstić information content (AvgIpc) is 2.20. The molecule has 1 N–H and O–H groups in total. The maximum atomic E-state index is 5.60. The predicted molar refractivity (Wildman–Crippen MR) is 69.7 cm³/mol. The Kier molecular flexibility index (Phi) is 6.03. The first-order chi connectivity index (χ1) is 7.24. The highest BCUT2D eigenvalue weighted by atomic mass is 79.9. The van der Waals surface area contributed by atoms with Gasteiger partial charge in [0.05, 0.1) is 4.47 Å². The van der Waals surface area contributed by atoms with Crippen LogP contribution in [0.1, 0.15) is 24.8 Å². The minimum absolute atomic E-state index is 0.756. The number of anilines is 1. The summed E-state index contributed by atoms with van der Waals surface area (Å²) in [5, 5.41) is 3.30. The molecule has 0 saturated carbocycles. The zero-order chi connectivity index (χ0) is 11.1. The third-order valence-corrected chi connectivity index (χ3v) is 2.95. The molecule has 0 atom stereocenters. The predicted octanol–water partition coefficient (Wildman–Crippen LogP) is 3.97. The van der Waals surface area contributed by atoms with Gasteiger partial charge in [-0.2, -0.15) is 0 Å². The van der Waals surface area contributed by atoms with Crippen LogP contribution in [0, 0.1) is 6.92 Å². The molecule has 1 heterocycles. The smallest absolute Gasteiger partial charge is 0.140 e.